The van der Waals surface area contributed by atoms with Gasteiger partial charge in [0.1, 0.15) is 0 Å². The van der Waals surface area contributed by atoms with Crippen molar-refractivity contribution in [1.82, 2.24) is 0 Å². The second-order valence-corrected chi connectivity index (χ2v) is 5.16. The van der Waals surface area contributed by atoms with E-state index in [2.05, 4.69) is 15.7 Å². The van der Waals surface area contributed by atoms with Gasteiger partial charge in [-0.15, -0.1) is 0 Å². The monoisotopic (exact) mass is 256 g/mol. The molecule has 0 aromatic heterocycles. The molecule has 94 valence electrons. The van der Waals surface area contributed by atoms with Crippen LogP contribution in [0.2, 0.25) is 0 Å². The zero-order valence-corrected chi connectivity index (χ0v) is 13.2. The summed E-state index contributed by atoms with van der Waals surface area (Å²) in [4.78, 5) is 11.2. The average Bonchev–Trinajstić information content (AvgIpc) is 2.82. The van der Waals surface area contributed by atoms with Crippen molar-refractivity contribution in [2.45, 2.75) is 46.5 Å². The number of aryl methyl sites for hydroxylation is 2. The Morgan fingerprint density at radius 1 is 1.11 bits per heavy atom. The predicted octanol–water partition coefficient (Wildman–Crippen LogP) is 1.40. The fourth-order valence-electron chi connectivity index (χ4n) is 2.05. The summed E-state index contributed by atoms with van der Waals surface area (Å²) in [6.45, 7) is 5.97. The minimum Gasteiger partial charge on any atom is -0.328 e. The third-order valence-electron chi connectivity index (χ3n) is 3.26. The molecule has 3 heteroatoms. The van der Waals surface area contributed by atoms with Crippen LogP contribution in [-0.2, 0) is 0 Å². The van der Waals surface area contributed by atoms with Gasteiger partial charge < -0.3 is 6.42 Å². The number of carbonyl (C=O) groups is 1. The molecule has 0 N–H and O–H groups in total. The fourth-order valence-corrected chi connectivity index (χ4v) is 2.50. The van der Waals surface area contributed by atoms with Crippen LogP contribution in [0.4, 0.5) is 0 Å². The van der Waals surface area contributed by atoms with Crippen LogP contribution in [0.15, 0.2) is 12.1 Å². The molecule has 0 amide bonds. The van der Waals surface area contributed by atoms with Gasteiger partial charge in [0.25, 0.3) is 0 Å². The molecule has 1 fully saturated rings. The van der Waals surface area contributed by atoms with E-state index in [1.807, 2.05) is 32.9 Å². The SMILES string of the molecule is Cc1ccc(C)c(C(=O)P)c1C.[CH-]1CCCC1.[Li+]. The molecule has 0 radical (unpaired) electrons. The van der Waals surface area contributed by atoms with E-state index in [0.29, 0.717) is 0 Å². The van der Waals surface area contributed by atoms with Gasteiger partial charge in [0.05, 0.1) is 0 Å². The molecular weight excluding hydrogens is 234 g/mol. The van der Waals surface area contributed by atoms with Crippen LogP contribution in [0.25, 0.3) is 0 Å². The summed E-state index contributed by atoms with van der Waals surface area (Å²) in [5, 5.41) is 0. The molecule has 1 aromatic carbocycles. The molecule has 1 unspecified atom stereocenters. The Hall–Kier alpha value is -0.0826. The van der Waals surface area contributed by atoms with Crippen molar-refractivity contribution < 1.29 is 23.7 Å². The first-order valence-corrected chi connectivity index (χ1v) is 6.80. The second-order valence-electron chi connectivity index (χ2n) is 4.64. The van der Waals surface area contributed by atoms with Crippen molar-refractivity contribution in [3.63, 3.8) is 0 Å². The normalized spacial score (nSPS) is 13.3. The molecule has 1 aromatic rings. The van der Waals surface area contributed by atoms with Gasteiger partial charge in [-0.05, 0) is 37.5 Å². The Labute approximate surface area is 126 Å². The summed E-state index contributed by atoms with van der Waals surface area (Å²) in [6.07, 6.45) is 8.00. The first-order chi connectivity index (χ1) is 8.04. The van der Waals surface area contributed by atoms with Gasteiger partial charge in [-0.25, -0.2) is 0 Å². The first kappa shape index (κ1) is 17.9. The van der Waals surface area contributed by atoms with E-state index in [4.69, 9.17) is 0 Å². The molecule has 1 aliphatic rings. The topological polar surface area (TPSA) is 17.1 Å². The zero-order chi connectivity index (χ0) is 12.8. The Morgan fingerprint density at radius 3 is 1.94 bits per heavy atom. The van der Waals surface area contributed by atoms with E-state index in [0.717, 1.165) is 16.7 Å². The summed E-state index contributed by atoms with van der Waals surface area (Å²) in [7, 11) is 2.22. The number of hydrogen-bond donors (Lipinski definition) is 0. The number of rotatable bonds is 1. The van der Waals surface area contributed by atoms with E-state index in [1.54, 1.807) is 0 Å². The van der Waals surface area contributed by atoms with Crippen molar-refractivity contribution in [2.24, 2.45) is 0 Å². The molecule has 0 saturated heterocycles. The Morgan fingerprint density at radius 2 is 1.61 bits per heavy atom. The maximum Gasteiger partial charge on any atom is 1.00 e. The second kappa shape index (κ2) is 8.92. The summed E-state index contributed by atoms with van der Waals surface area (Å²) < 4.78 is 0. The molecule has 0 aliphatic heterocycles. The molecule has 1 aliphatic carbocycles. The minimum atomic E-state index is 0. The van der Waals surface area contributed by atoms with Gasteiger partial charge in [0.2, 0.25) is 0 Å². The van der Waals surface area contributed by atoms with E-state index in [9.17, 15) is 4.79 Å². The van der Waals surface area contributed by atoms with Crippen LogP contribution < -0.4 is 18.9 Å². The summed E-state index contributed by atoms with van der Waals surface area (Å²) in [6, 6.07) is 4.03. The van der Waals surface area contributed by atoms with Crippen molar-refractivity contribution in [3.8, 4) is 0 Å². The van der Waals surface area contributed by atoms with Gasteiger partial charge in [0, 0.05) is 5.56 Å². The Kier molecular flexibility index (Phi) is 8.88. The van der Waals surface area contributed by atoms with E-state index >= 15 is 0 Å². The van der Waals surface area contributed by atoms with Crippen LogP contribution >= 0.6 is 9.24 Å². The molecule has 18 heavy (non-hydrogen) atoms. The molecule has 2 rings (SSSR count). The quantitative estimate of drug-likeness (QED) is 0.421. The van der Waals surface area contributed by atoms with Crippen LogP contribution in [0, 0.1) is 27.2 Å². The van der Waals surface area contributed by atoms with Crippen molar-refractivity contribution >= 4 is 14.8 Å². The molecule has 1 nitrogen and oxygen atoms in total. The van der Waals surface area contributed by atoms with E-state index in [-0.39, 0.29) is 24.4 Å². The van der Waals surface area contributed by atoms with Gasteiger partial charge >= 0.3 is 18.9 Å². The molecular formula is C15H22LiOP. The van der Waals surface area contributed by atoms with Crippen LogP contribution in [0.3, 0.4) is 0 Å². The summed E-state index contributed by atoms with van der Waals surface area (Å²) >= 11 is 0. The Bertz CT molecular complexity index is 390. The summed E-state index contributed by atoms with van der Waals surface area (Å²) in [5.41, 5.74) is 4.24. The van der Waals surface area contributed by atoms with Crippen molar-refractivity contribution in [3.05, 3.63) is 40.8 Å². The number of carbonyl (C=O) groups excluding carboxylic acids is 1. The predicted molar refractivity (Wildman–Crippen MR) is 77.5 cm³/mol. The van der Waals surface area contributed by atoms with Crippen LogP contribution in [0.5, 0.6) is 0 Å². The molecule has 0 bridgehead atoms. The first-order valence-electron chi connectivity index (χ1n) is 6.22. The van der Waals surface area contributed by atoms with Gasteiger partial charge in [-0.1, -0.05) is 34.2 Å². The molecule has 0 heterocycles. The van der Waals surface area contributed by atoms with Gasteiger partial charge in [-0.2, -0.15) is 12.8 Å². The summed E-state index contributed by atoms with van der Waals surface area (Å²) in [5.74, 6) is 0. The average molecular weight is 256 g/mol. The van der Waals surface area contributed by atoms with Gasteiger partial charge in [-0.3, -0.25) is 4.79 Å². The van der Waals surface area contributed by atoms with Crippen LogP contribution in [-0.4, -0.2) is 5.52 Å². The minimum absolute atomic E-state index is 0. The zero-order valence-electron chi connectivity index (χ0n) is 12.0. The Balaban J connectivity index is 0.000000405. The maximum atomic E-state index is 11.2. The van der Waals surface area contributed by atoms with Crippen molar-refractivity contribution in [1.29, 1.82) is 0 Å². The number of hydrogen-bond acceptors (Lipinski definition) is 1. The smallest absolute Gasteiger partial charge is 0.328 e. The van der Waals surface area contributed by atoms with E-state index in [1.165, 1.54) is 31.2 Å². The largest absolute Gasteiger partial charge is 1.00 e. The van der Waals surface area contributed by atoms with Crippen molar-refractivity contribution in [2.75, 3.05) is 0 Å². The molecule has 1 saturated carbocycles. The molecule has 0 spiro atoms. The fraction of sp³-hybridized carbons (Fsp3) is 0.467. The third-order valence-corrected chi connectivity index (χ3v) is 3.55. The molecule has 1 atom stereocenters. The number of benzene rings is 1. The van der Waals surface area contributed by atoms with Crippen LogP contribution in [0.1, 0.15) is 52.7 Å². The standard InChI is InChI=1S/C10H13OP.C5H9.Li/c1-6-4-5-7(2)9(8(6)3)10(11)12;1-2-4-5-3-1;/h4-5H,12H2,1-3H3;1H,2-5H2;/q;-1;+1. The third kappa shape index (κ3) is 5.27. The maximum absolute atomic E-state index is 11.2. The van der Waals surface area contributed by atoms with Gasteiger partial charge in [0.15, 0.2) is 5.52 Å². The van der Waals surface area contributed by atoms with E-state index < -0.39 is 0 Å².